The largest absolute Gasteiger partial charge is 0.335 e. The van der Waals surface area contributed by atoms with Crippen LogP contribution in [0.15, 0.2) is 58.3 Å². The first-order valence-electron chi connectivity index (χ1n) is 8.60. The predicted octanol–water partition coefficient (Wildman–Crippen LogP) is 2.31. The van der Waals surface area contributed by atoms with Gasteiger partial charge >= 0.3 is 0 Å². The lowest BCUT2D eigenvalue weighted by atomic mass is 10.3. The van der Waals surface area contributed by atoms with Gasteiger partial charge in [-0.3, -0.25) is 9.59 Å². The Kier molecular flexibility index (Phi) is 7.77. The van der Waals surface area contributed by atoms with Crippen molar-refractivity contribution in [2.24, 2.45) is 0 Å². The van der Waals surface area contributed by atoms with E-state index in [1.54, 1.807) is 12.1 Å². The Morgan fingerprint density at radius 3 is 2.41 bits per heavy atom. The highest BCUT2D eigenvalue weighted by molar-refractivity contribution is 7.98. The van der Waals surface area contributed by atoms with Crippen LogP contribution >= 0.6 is 11.8 Å². The topological polar surface area (TPSA) is 95.6 Å². The van der Waals surface area contributed by atoms with Crippen LogP contribution in [0.2, 0.25) is 0 Å². The zero-order chi connectivity index (χ0) is 21.6. The van der Waals surface area contributed by atoms with Crippen molar-refractivity contribution in [1.29, 1.82) is 0 Å². The summed E-state index contributed by atoms with van der Waals surface area (Å²) in [6, 6.07) is 10.9. The molecule has 2 N–H and O–H groups in total. The van der Waals surface area contributed by atoms with Crippen LogP contribution in [0.5, 0.6) is 0 Å². The van der Waals surface area contributed by atoms with E-state index in [0.29, 0.717) is 5.69 Å². The van der Waals surface area contributed by atoms with E-state index in [4.69, 9.17) is 0 Å². The maximum Gasteiger partial charge on any atom is 0.244 e. The van der Waals surface area contributed by atoms with E-state index in [2.05, 4.69) is 10.0 Å². The molecule has 2 aromatic rings. The normalized spacial score (nSPS) is 12.3. The number of rotatable bonds is 8. The number of benzene rings is 2. The average molecular weight is 440 g/mol. The Hall–Kier alpha value is -2.43. The summed E-state index contributed by atoms with van der Waals surface area (Å²) >= 11 is 1.47. The molecule has 2 aromatic carbocycles. The third kappa shape index (κ3) is 6.02. The molecule has 1 atom stereocenters. The number of halogens is 1. The van der Waals surface area contributed by atoms with Crippen LogP contribution in [-0.2, 0) is 19.6 Å². The third-order valence-corrected chi connectivity index (χ3v) is 6.34. The Morgan fingerprint density at radius 1 is 1.14 bits per heavy atom. The maximum atomic E-state index is 13.8. The molecule has 0 bridgehead atoms. The second-order valence-electron chi connectivity index (χ2n) is 6.22. The van der Waals surface area contributed by atoms with Crippen LogP contribution in [-0.4, -0.2) is 51.0 Å². The minimum absolute atomic E-state index is 0.271. The van der Waals surface area contributed by atoms with Gasteiger partial charge in [0, 0.05) is 11.9 Å². The summed E-state index contributed by atoms with van der Waals surface area (Å²) in [5.74, 6) is -1.97. The van der Waals surface area contributed by atoms with Crippen molar-refractivity contribution in [2.45, 2.75) is 22.8 Å². The number of carbonyl (C=O) groups is 2. The molecule has 2 amide bonds. The fourth-order valence-corrected chi connectivity index (χ4v) is 4.40. The van der Waals surface area contributed by atoms with E-state index in [1.807, 2.05) is 18.4 Å². The van der Waals surface area contributed by atoms with Gasteiger partial charge in [0.2, 0.25) is 21.8 Å². The standard InChI is InChI=1S/C19H22FN3O4S2/c1-13(22-29(26,27)17-11-7-4-8-14(17)20)19(25)23(2)12-18(24)21-15-9-5-6-10-16(15)28-3/h4-11,13,22H,12H2,1-3H3,(H,21,24)/t13-/m0/s1. The Balaban J connectivity index is 2.00. The minimum atomic E-state index is -4.23. The van der Waals surface area contributed by atoms with Crippen molar-refractivity contribution in [3.8, 4) is 0 Å². The van der Waals surface area contributed by atoms with Gasteiger partial charge < -0.3 is 10.2 Å². The van der Waals surface area contributed by atoms with E-state index < -0.39 is 38.6 Å². The zero-order valence-electron chi connectivity index (χ0n) is 16.2. The van der Waals surface area contributed by atoms with Gasteiger partial charge in [0.1, 0.15) is 10.7 Å². The number of likely N-dealkylation sites (N-methyl/N-ethyl adjacent to an activating group) is 1. The molecule has 0 saturated carbocycles. The number of thioether (sulfide) groups is 1. The van der Waals surface area contributed by atoms with Gasteiger partial charge in [-0.1, -0.05) is 24.3 Å². The second-order valence-corrected chi connectivity index (χ2v) is 8.75. The van der Waals surface area contributed by atoms with Gasteiger partial charge in [0.15, 0.2) is 0 Å². The molecule has 29 heavy (non-hydrogen) atoms. The summed E-state index contributed by atoms with van der Waals surface area (Å²) in [4.78, 5) is 26.2. The molecule has 0 radical (unpaired) electrons. The molecule has 7 nitrogen and oxygen atoms in total. The first-order chi connectivity index (χ1) is 13.7. The number of nitrogens with zero attached hydrogens (tertiary/aromatic N) is 1. The third-order valence-electron chi connectivity index (χ3n) is 3.97. The Bertz CT molecular complexity index is 998. The average Bonchev–Trinajstić information content (AvgIpc) is 2.67. The number of hydrogen-bond donors (Lipinski definition) is 2. The maximum absolute atomic E-state index is 13.8. The number of anilines is 1. The molecule has 0 spiro atoms. The summed E-state index contributed by atoms with van der Waals surface area (Å²) < 4.78 is 40.6. The van der Waals surface area contributed by atoms with Crippen molar-refractivity contribution < 1.29 is 22.4 Å². The molecule has 0 aliphatic rings. The summed E-state index contributed by atoms with van der Waals surface area (Å²) in [6.45, 7) is 1.06. The second kappa shape index (κ2) is 9.86. The van der Waals surface area contributed by atoms with E-state index in [1.165, 1.54) is 37.9 Å². The Labute approximate surface area is 173 Å². The molecule has 0 heterocycles. The highest BCUT2D eigenvalue weighted by atomic mass is 32.2. The van der Waals surface area contributed by atoms with Crippen molar-refractivity contribution in [1.82, 2.24) is 9.62 Å². The van der Waals surface area contributed by atoms with Gasteiger partial charge in [-0.15, -0.1) is 11.8 Å². The first kappa shape index (κ1) is 22.9. The molecule has 156 valence electrons. The lowest BCUT2D eigenvalue weighted by molar-refractivity contribution is -0.134. The molecule has 0 unspecified atom stereocenters. The highest BCUT2D eigenvalue weighted by Gasteiger charge is 2.27. The van der Waals surface area contributed by atoms with Gasteiger partial charge in [-0.2, -0.15) is 4.72 Å². The van der Waals surface area contributed by atoms with Crippen LogP contribution in [0.25, 0.3) is 0 Å². The fraction of sp³-hybridized carbons (Fsp3) is 0.263. The number of nitrogens with one attached hydrogen (secondary N) is 2. The SMILES string of the molecule is CSc1ccccc1NC(=O)CN(C)C(=O)[C@H](C)NS(=O)(=O)c1ccccc1F. The highest BCUT2D eigenvalue weighted by Crippen LogP contribution is 2.24. The predicted molar refractivity (Wildman–Crippen MR) is 111 cm³/mol. The summed E-state index contributed by atoms with van der Waals surface area (Å²) in [7, 11) is -2.85. The lowest BCUT2D eigenvalue weighted by Crippen LogP contribution is -2.47. The molecule has 0 fully saturated rings. The quantitative estimate of drug-likeness (QED) is 0.616. The van der Waals surface area contributed by atoms with Crippen LogP contribution in [0, 0.1) is 5.82 Å². The van der Waals surface area contributed by atoms with E-state index in [0.717, 1.165) is 21.9 Å². The van der Waals surface area contributed by atoms with E-state index >= 15 is 0 Å². The smallest absolute Gasteiger partial charge is 0.244 e. The number of sulfonamides is 1. The summed E-state index contributed by atoms with van der Waals surface area (Å²) in [5, 5.41) is 2.73. The van der Waals surface area contributed by atoms with E-state index in [-0.39, 0.29) is 6.54 Å². The molecule has 2 rings (SSSR count). The first-order valence-corrected chi connectivity index (χ1v) is 11.3. The molecule has 0 saturated heterocycles. The number of carbonyl (C=O) groups excluding carboxylic acids is 2. The van der Waals surface area contributed by atoms with Crippen molar-refractivity contribution in [3.05, 3.63) is 54.3 Å². The van der Waals surface area contributed by atoms with Crippen molar-refractivity contribution in [2.75, 3.05) is 25.2 Å². The van der Waals surface area contributed by atoms with Crippen LogP contribution in [0.1, 0.15) is 6.92 Å². The zero-order valence-corrected chi connectivity index (χ0v) is 17.8. The van der Waals surface area contributed by atoms with Crippen LogP contribution in [0.3, 0.4) is 0 Å². The minimum Gasteiger partial charge on any atom is -0.335 e. The molecular weight excluding hydrogens is 417 g/mol. The monoisotopic (exact) mass is 439 g/mol. The molecule has 0 aliphatic carbocycles. The van der Waals surface area contributed by atoms with Gasteiger partial charge in [-0.25, -0.2) is 12.8 Å². The molecule has 10 heteroatoms. The van der Waals surface area contributed by atoms with Crippen LogP contribution < -0.4 is 10.0 Å². The number of hydrogen-bond acceptors (Lipinski definition) is 5. The fourth-order valence-electron chi connectivity index (χ4n) is 2.57. The molecular formula is C19H22FN3O4S2. The summed E-state index contributed by atoms with van der Waals surface area (Å²) in [6.07, 6.45) is 1.88. The number of amides is 2. The van der Waals surface area contributed by atoms with E-state index in [9.17, 15) is 22.4 Å². The van der Waals surface area contributed by atoms with Crippen molar-refractivity contribution >= 4 is 39.3 Å². The molecule has 0 aliphatic heterocycles. The van der Waals surface area contributed by atoms with Crippen LogP contribution in [0.4, 0.5) is 10.1 Å². The lowest BCUT2D eigenvalue weighted by Gasteiger charge is -2.22. The van der Waals surface area contributed by atoms with Gasteiger partial charge in [0.05, 0.1) is 18.3 Å². The van der Waals surface area contributed by atoms with Gasteiger partial charge in [0.25, 0.3) is 0 Å². The Morgan fingerprint density at radius 2 is 1.76 bits per heavy atom. The number of para-hydroxylation sites is 1. The van der Waals surface area contributed by atoms with Crippen molar-refractivity contribution in [3.63, 3.8) is 0 Å². The van der Waals surface area contributed by atoms with Gasteiger partial charge in [-0.05, 0) is 37.4 Å². The summed E-state index contributed by atoms with van der Waals surface area (Å²) in [5.41, 5.74) is 0.624. The molecule has 0 aromatic heterocycles.